The fourth-order valence-corrected chi connectivity index (χ4v) is 7.46. The number of benzene rings is 2. The van der Waals surface area contributed by atoms with Gasteiger partial charge in [0, 0.05) is 6.54 Å². The van der Waals surface area contributed by atoms with E-state index in [4.69, 9.17) is 32.2 Å². The summed E-state index contributed by atoms with van der Waals surface area (Å²) in [5.41, 5.74) is 18.7. The van der Waals surface area contributed by atoms with Crippen molar-refractivity contribution in [3.8, 4) is 0 Å². The molecule has 2 aromatic carbocycles. The Morgan fingerprint density at radius 2 is 1.14 bits per heavy atom. The fraction of sp³-hybridized carbons (Fsp3) is 0.549. The van der Waals surface area contributed by atoms with Gasteiger partial charge in [0.25, 0.3) is 0 Å². The summed E-state index contributed by atoms with van der Waals surface area (Å²) in [4.78, 5) is 137. The quantitative estimate of drug-likeness (QED) is 0.0184. The Morgan fingerprint density at radius 3 is 1.68 bits per heavy atom. The lowest BCUT2D eigenvalue weighted by molar-refractivity contribution is -0.142. The number of aliphatic hydroxyl groups excluding tert-OH is 3. The van der Waals surface area contributed by atoms with Crippen LogP contribution < -0.4 is 65.1 Å². The van der Waals surface area contributed by atoms with E-state index in [-0.39, 0.29) is 50.7 Å². The number of amides is 9. The van der Waals surface area contributed by atoms with Gasteiger partial charge in [0.1, 0.15) is 48.9 Å². The molecular weight excluding hydrogens is 1030 g/mol. The molecule has 0 fully saturated rings. The molecule has 0 aliphatic rings. The molecule has 0 unspecified atom stereocenters. The van der Waals surface area contributed by atoms with Gasteiger partial charge in [-0.3, -0.25) is 43.3 Å². The number of ether oxygens (including phenoxy) is 1. The number of hydrogen-bond donors (Lipinski definition) is 16. The number of aliphatic carboxylic acids is 1. The second kappa shape index (κ2) is 34.7. The molecule has 28 heteroatoms. The lowest BCUT2D eigenvalue weighted by Crippen LogP contribution is -2.63. The predicted molar refractivity (Wildman–Crippen MR) is 286 cm³/mol. The minimum absolute atomic E-state index is 0.00131. The Labute approximate surface area is 457 Å². The number of carboxylic acids is 1. The Balaban J connectivity index is 2.37. The zero-order valence-electron chi connectivity index (χ0n) is 45.2. The van der Waals surface area contributed by atoms with E-state index in [0.717, 1.165) is 0 Å². The first-order valence-electron chi connectivity index (χ1n) is 25.7. The van der Waals surface area contributed by atoms with Crippen molar-refractivity contribution in [1.29, 1.82) is 0 Å². The van der Waals surface area contributed by atoms with Crippen molar-refractivity contribution in [2.45, 2.75) is 141 Å². The van der Waals surface area contributed by atoms with Gasteiger partial charge in [-0.15, -0.1) is 0 Å². The Hall–Kier alpha value is -7.95. The van der Waals surface area contributed by atoms with Gasteiger partial charge >= 0.3 is 12.1 Å². The molecule has 0 radical (unpaired) electrons. The van der Waals surface area contributed by atoms with E-state index in [1.165, 1.54) is 6.92 Å². The van der Waals surface area contributed by atoms with Crippen LogP contribution in [0.3, 0.4) is 0 Å². The lowest BCUT2D eigenvalue weighted by atomic mass is 9.95. The highest BCUT2D eigenvalue weighted by Crippen LogP contribution is 2.17. The second-order valence-electron chi connectivity index (χ2n) is 19.3. The topological polar surface area (TPSA) is 460 Å². The van der Waals surface area contributed by atoms with Crippen LogP contribution in [0.1, 0.15) is 90.8 Å². The summed E-state index contributed by atoms with van der Waals surface area (Å²) in [6.07, 6.45) is -3.94. The molecule has 2 aromatic rings. The Kier molecular flexibility index (Phi) is 29.5. The third kappa shape index (κ3) is 24.5. The Morgan fingerprint density at radius 1 is 0.608 bits per heavy atom. The lowest BCUT2D eigenvalue weighted by Gasteiger charge is -2.31. The molecule has 0 aromatic heterocycles. The first kappa shape index (κ1) is 67.2. The van der Waals surface area contributed by atoms with Crippen molar-refractivity contribution in [2.75, 3.05) is 26.2 Å². The van der Waals surface area contributed by atoms with E-state index in [9.17, 15) is 58.2 Å². The van der Waals surface area contributed by atoms with E-state index in [1.807, 2.05) is 5.32 Å². The maximum Gasteiger partial charge on any atom is 0.408 e. The van der Waals surface area contributed by atoms with Crippen LogP contribution in [0.25, 0.3) is 0 Å². The maximum atomic E-state index is 14.3. The number of aliphatic imine (C=N–C) groups is 1. The number of aliphatic hydroxyl groups is 3. The van der Waals surface area contributed by atoms with Gasteiger partial charge in [0.15, 0.2) is 5.96 Å². The first-order valence-corrected chi connectivity index (χ1v) is 25.7. The van der Waals surface area contributed by atoms with Crippen LogP contribution in [-0.2, 0) is 54.5 Å². The zero-order chi connectivity index (χ0) is 59.4. The molecular formula is C51H79N13O15. The number of rotatable bonds is 34. The highest BCUT2D eigenvalue weighted by Gasteiger charge is 2.39. The van der Waals surface area contributed by atoms with Crippen LogP contribution in [0.15, 0.2) is 65.7 Å². The van der Waals surface area contributed by atoms with Gasteiger partial charge in [-0.2, -0.15) is 0 Å². The van der Waals surface area contributed by atoms with Crippen LogP contribution in [0, 0.1) is 11.8 Å². The van der Waals surface area contributed by atoms with Gasteiger partial charge in [-0.25, -0.2) is 9.59 Å². The van der Waals surface area contributed by atoms with Crippen LogP contribution in [0.4, 0.5) is 4.79 Å². The third-order valence-electron chi connectivity index (χ3n) is 11.8. The number of carbonyl (C=O) groups excluding carboxylic acids is 9. The molecule has 28 nitrogen and oxygen atoms in total. The molecule has 19 N–H and O–H groups in total. The molecule has 0 spiro atoms. The van der Waals surface area contributed by atoms with Crippen molar-refractivity contribution >= 4 is 65.3 Å². The molecule has 0 aliphatic carbocycles. The summed E-state index contributed by atoms with van der Waals surface area (Å²) >= 11 is 0. The van der Waals surface area contributed by atoms with Crippen molar-refractivity contribution in [1.82, 2.24) is 47.9 Å². The SMILES string of the molecule is CCC[C@H](NC(=O)[C@@H](CCCN=C(N)N)NC(=O)[C@H](CC(C)C)NC(=O)[C@@H](NC(=O)[C@@H](NC(=O)OCc1ccccc1)[C@H](N)c1ccccc1)[C@H](O)C(C)C)C(=O)N[C@H](C(=O)NCC(=O)NCC(=O)N[C@@H](CO)C(=O)O)[C@H](C)O. The monoisotopic (exact) mass is 1110 g/mol. The summed E-state index contributed by atoms with van der Waals surface area (Å²) in [5, 5.41) is 61.5. The number of hydrogen-bond acceptors (Lipinski definition) is 16. The number of carbonyl (C=O) groups is 10. The number of nitrogens with one attached hydrogen (secondary N) is 9. The smallest absolute Gasteiger partial charge is 0.408 e. The number of carboxylic acid groups (broad SMARTS) is 1. The van der Waals surface area contributed by atoms with Crippen molar-refractivity contribution < 1.29 is 73.1 Å². The molecule has 10 atom stereocenters. The van der Waals surface area contributed by atoms with Gasteiger partial charge in [0.2, 0.25) is 47.3 Å². The molecule has 0 saturated carbocycles. The normalized spacial score (nSPS) is 14.8. The maximum absolute atomic E-state index is 14.3. The van der Waals surface area contributed by atoms with E-state index in [1.54, 1.807) is 95.3 Å². The zero-order valence-corrected chi connectivity index (χ0v) is 45.2. The number of guanidine groups is 1. The number of alkyl carbamates (subject to hydrolysis) is 1. The largest absolute Gasteiger partial charge is 0.480 e. The van der Waals surface area contributed by atoms with E-state index in [0.29, 0.717) is 17.5 Å². The van der Waals surface area contributed by atoms with E-state index >= 15 is 0 Å². The molecule has 79 heavy (non-hydrogen) atoms. The standard InChI is InChI=1S/C51H79N13O15/c1-7-15-32(44(71)62-39(29(6)66)46(73)57-23-36(67)56-24-37(68)58-35(25-65)49(76)77)59-43(70)33(20-14-21-55-50(53)54)60-45(72)34(22-27(2)3)61-48(75)41(42(69)28(4)5)63-47(74)40(38(52)31-18-12-9-13-19-31)64-51(78)79-26-30-16-10-8-11-17-30/h8-13,16-19,27-29,32-35,38-42,65-66,69H,7,14-15,20-26,52H2,1-6H3,(H,56,67)(H,57,73)(H,58,68)(H,59,70)(H,60,72)(H,61,75)(H,62,71)(H,63,74)(H,64,78)(H,76,77)(H4,53,54,55)/t29-,32-,33+,34-,35-,38+,39-,40-,41-,42+/m0/s1. The summed E-state index contributed by atoms with van der Waals surface area (Å²) in [7, 11) is 0. The van der Waals surface area contributed by atoms with Gasteiger partial charge in [0.05, 0.1) is 37.9 Å². The van der Waals surface area contributed by atoms with Gasteiger partial charge in [-0.05, 0) is 55.6 Å². The third-order valence-corrected chi connectivity index (χ3v) is 11.8. The molecule has 0 saturated heterocycles. The average Bonchev–Trinajstić information content (AvgIpc) is 3.40. The number of nitrogens with zero attached hydrogens (tertiary/aromatic N) is 1. The van der Waals surface area contributed by atoms with Crippen LogP contribution >= 0.6 is 0 Å². The summed E-state index contributed by atoms with van der Waals surface area (Å²) in [6.45, 7) is 6.96. The Bertz CT molecular complexity index is 2360. The van der Waals surface area contributed by atoms with Crippen molar-refractivity contribution in [3.63, 3.8) is 0 Å². The minimum Gasteiger partial charge on any atom is -0.480 e. The van der Waals surface area contributed by atoms with Crippen LogP contribution in [0.5, 0.6) is 0 Å². The second-order valence-corrected chi connectivity index (χ2v) is 19.3. The minimum atomic E-state index is -1.74. The molecule has 438 valence electrons. The highest BCUT2D eigenvalue weighted by atomic mass is 16.5. The van der Waals surface area contributed by atoms with Crippen LogP contribution in [-0.4, -0.2) is 166 Å². The van der Waals surface area contributed by atoms with Crippen molar-refractivity contribution in [2.24, 2.45) is 34.0 Å². The predicted octanol–water partition coefficient (Wildman–Crippen LogP) is -3.50. The fourth-order valence-electron chi connectivity index (χ4n) is 7.46. The van der Waals surface area contributed by atoms with Gasteiger partial charge < -0.3 is 90.2 Å². The molecule has 0 heterocycles. The summed E-state index contributed by atoms with van der Waals surface area (Å²) in [6, 6.07) is 4.98. The van der Waals surface area contributed by atoms with E-state index < -0.39 is 145 Å². The van der Waals surface area contributed by atoms with E-state index in [2.05, 4.69) is 47.5 Å². The molecule has 0 bridgehead atoms. The summed E-state index contributed by atoms with van der Waals surface area (Å²) < 4.78 is 5.37. The average molecular weight is 1110 g/mol. The number of nitrogens with two attached hydrogens (primary N) is 3. The van der Waals surface area contributed by atoms with Crippen molar-refractivity contribution in [3.05, 3.63) is 71.8 Å². The molecule has 2 rings (SSSR count). The molecule has 9 amide bonds. The highest BCUT2D eigenvalue weighted by molar-refractivity contribution is 5.98. The molecule has 0 aliphatic heterocycles. The first-order chi connectivity index (χ1) is 37.3. The van der Waals surface area contributed by atoms with Crippen LogP contribution in [0.2, 0.25) is 0 Å². The summed E-state index contributed by atoms with van der Waals surface area (Å²) in [5.74, 6) is -10.4. The van der Waals surface area contributed by atoms with Gasteiger partial charge in [-0.1, -0.05) is 102 Å².